The number of hydrogen-bond donors (Lipinski definition) is 0. The average Bonchev–Trinajstić information content (AvgIpc) is 3.11. The first-order chi connectivity index (χ1) is 16.1. The van der Waals surface area contributed by atoms with Gasteiger partial charge < -0.3 is 9.47 Å². The van der Waals surface area contributed by atoms with Crippen molar-refractivity contribution in [1.29, 1.82) is 0 Å². The highest BCUT2D eigenvalue weighted by atomic mass is 16.7. The van der Waals surface area contributed by atoms with E-state index in [-0.39, 0.29) is 24.3 Å². The van der Waals surface area contributed by atoms with E-state index >= 15 is 0 Å². The monoisotopic (exact) mass is 440 g/mol. The number of likely N-dealkylation sites (tertiary alicyclic amines) is 1. The summed E-state index contributed by atoms with van der Waals surface area (Å²) in [5.74, 6) is -1.62. The maximum Gasteiger partial charge on any atom is 0.234 e. The lowest BCUT2D eigenvalue weighted by molar-refractivity contribution is -0.169. The molecule has 1 saturated heterocycles. The number of amides is 2. The van der Waals surface area contributed by atoms with Crippen molar-refractivity contribution in [3.63, 3.8) is 0 Å². The number of nitrogens with zero attached hydrogens (tertiary/aromatic N) is 2. The fraction of sp³-hybridized carbons (Fsp3) is 0.296. The van der Waals surface area contributed by atoms with Gasteiger partial charge in [0.2, 0.25) is 11.8 Å². The fourth-order valence-corrected chi connectivity index (χ4v) is 6.59. The highest BCUT2D eigenvalue weighted by Gasteiger charge is 2.70. The highest BCUT2D eigenvalue weighted by molar-refractivity contribution is 6.08. The van der Waals surface area contributed by atoms with Gasteiger partial charge in [0, 0.05) is 32.5 Å². The maximum absolute atomic E-state index is 14.1. The van der Waals surface area contributed by atoms with E-state index in [1.165, 1.54) is 4.90 Å². The van der Waals surface area contributed by atoms with Gasteiger partial charge in [-0.05, 0) is 33.9 Å². The third-order valence-corrected chi connectivity index (χ3v) is 7.64. The van der Waals surface area contributed by atoms with Crippen LogP contribution >= 0.6 is 0 Å². The smallest absolute Gasteiger partial charge is 0.234 e. The molecule has 0 unspecified atom stereocenters. The van der Waals surface area contributed by atoms with Gasteiger partial charge in [0.05, 0.1) is 23.8 Å². The summed E-state index contributed by atoms with van der Waals surface area (Å²) in [6.07, 6.45) is 2.65. The molecule has 6 heteroatoms. The van der Waals surface area contributed by atoms with Gasteiger partial charge in [0.25, 0.3) is 0 Å². The summed E-state index contributed by atoms with van der Waals surface area (Å²) in [7, 11) is 3.19. The van der Waals surface area contributed by atoms with Gasteiger partial charge in [-0.1, -0.05) is 54.6 Å². The van der Waals surface area contributed by atoms with Crippen LogP contribution in [0.5, 0.6) is 0 Å². The van der Waals surface area contributed by atoms with E-state index in [9.17, 15) is 9.59 Å². The molecule has 0 radical (unpaired) electrons. The number of imide groups is 1. The minimum Gasteiger partial charge on any atom is -0.355 e. The number of methoxy groups -OCH3 is 2. The van der Waals surface area contributed by atoms with Gasteiger partial charge in [-0.2, -0.15) is 0 Å². The molecule has 0 N–H and O–H groups in total. The van der Waals surface area contributed by atoms with Crippen molar-refractivity contribution >= 4 is 11.8 Å². The van der Waals surface area contributed by atoms with E-state index in [1.807, 2.05) is 36.4 Å². The zero-order valence-corrected chi connectivity index (χ0v) is 18.5. The second-order valence-corrected chi connectivity index (χ2v) is 8.95. The van der Waals surface area contributed by atoms with E-state index in [1.54, 1.807) is 26.6 Å². The lowest BCUT2D eigenvalue weighted by atomic mass is 9.47. The van der Waals surface area contributed by atoms with Crippen LogP contribution in [0.3, 0.4) is 0 Å². The van der Waals surface area contributed by atoms with Crippen molar-refractivity contribution in [3.8, 4) is 0 Å². The first-order valence-electron chi connectivity index (χ1n) is 11.1. The summed E-state index contributed by atoms with van der Waals surface area (Å²) in [5, 5.41) is 0. The Morgan fingerprint density at radius 2 is 1.55 bits per heavy atom. The number of hydrogen-bond acceptors (Lipinski definition) is 5. The Labute approximate surface area is 192 Å². The summed E-state index contributed by atoms with van der Waals surface area (Å²) in [5.41, 5.74) is 4.05. The van der Waals surface area contributed by atoms with E-state index < -0.39 is 23.5 Å². The average molecular weight is 440 g/mol. The van der Waals surface area contributed by atoms with Crippen LogP contribution in [0.25, 0.3) is 0 Å². The van der Waals surface area contributed by atoms with Crippen molar-refractivity contribution in [2.24, 2.45) is 11.8 Å². The number of ether oxygens (including phenoxy) is 2. The molecule has 1 aromatic heterocycles. The normalized spacial score (nSPS) is 27.0. The molecular weight excluding hydrogens is 416 g/mol. The predicted octanol–water partition coefficient (Wildman–Crippen LogP) is 3.25. The lowest BCUT2D eigenvalue weighted by Gasteiger charge is -2.56. The van der Waals surface area contributed by atoms with Crippen LogP contribution in [0, 0.1) is 11.8 Å². The molecule has 1 aliphatic heterocycles. The van der Waals surface area contributed by atoms with Gasteiger partial charge in [-0.25, -0.2) is 0 Å². The van der Waals surface area contributed by atoms with Crippen molar-refractivity contribution in [1.82, 2.24) is 9.88 Å². The molecule has 3 aliphatic carbocycles. The zero-order chi connectivity index (χ0) is 22.7. The minimum atomic E-state index is -0.924. The molecule has 0 saturated carbocycles. The minimum absolute atomic E-state index is 0.141. The number of rotatable bonds is 5. The Morgan fingerprint density at radius 1 is 0.909 bits per heavy atom. The van der Waals surface area contributed by atoms with Crippen LogP contribution in [-0.4, -0.2) is 42.2 Å². The fourth-order valence-electron chi connectivity index (χ4n) is 6.59. The number of pyridine rings is 1. The lowest BCUT2D eigenvalue weighted by Crippen LogP contribution is -2.60. The Hall–Kier alpha value is -3.35. The van der Waals surface area contributed by atoms with E-state index in [0.717, 1.165) is 27.8 Å². The standard InChI is InChI=1S/C27H24N2O4/c1-32-26(33-2)27-19-11-5-3-9-17(19)21(18-10-4-6-12-20(18)27)22-23(27)25(31)29(24(22)30)15-16-8-7-13-28-14-16/h3-14,21-23,26H,15H2,1-2H3/t21?,22-,23-,27?/m1/s1. The van der Waals surface area contributed by atoms with Crippen LogP contribution in [-0.2, 0) is 31.0 Å². The van der Waals surface area contributed by atoms with E-state index in [4.69, 9.17) is 9.47 Å². The molecular formula is C27H24N2O4. The number of carbonyl (C=O) groups is 2. The molecule has 2 aromatic carbocycles. The molecule has 166 valence electrons. The summed E-state index contributed by atoms with van der Waals surface area (Å²) >= 11 is 0. The quantitative estimate of drug-likeness (QED) is 0.450. The zero-order valence-electron chi connectivity index (χ0n) is 18.5. The number of carbonyl (C=O) groups excluding carboxylic acids is 2. The van der Waals surface area contributed by atoms with Gasteiger partial charge >= 0.3 is 0 Å². The van der Waals surface area contributed by atoms with Crippen LogP contribution in [0.4, 0.5) is 0 Å². The summed E-state index contributed by atoms with van der Waals surface area (Å²) in [4.78, 5) is 33.6. The molecule has 2 bridgehead atoms. The van der Waals surface area contributed by atoms with Crippen molar-refractivity contribution in [2.75, 3.05) is 14.2 Å². The second kappa shape index (κ2) is 7.33. The number of benzene rings is 2. The largest absolute Gasteiger partial charge is 0.355 e. The van der Waals surface area contributed by atoms with Crippen LogP contribution in [0.1, 0.15) is 33.7 Å². The predicted molar refractivity (Wildman–Crippen MR) is 120 cm³/mol. The van der Waals surface area contributed by atoms with E-state index in [2.05, 4.69) is 29.2 Å². The Balaban J connectivity index is 1.61. The first-order valence-corrected chi connectivity index (χ1v) is 11.1. The van der Waals surface area contributed by atoms with Gasteiger partial charge in [0.15, 0.2) is 6.29 Å². The molecule has 3 aromatic rings. The van der Waals surface area contributed by atoms with Crippen molar-refractivity contribution in [3.05, 3.63) is 101 Å². The summed E-state index contributed by atoms with van der Waals surface area (Å²) in [6, 6.07) is 19.9. The molecule has 1 fully saturated rings. The van der Waals surface area contributed by atoms with Crippen LogP contribution in [0.2, 0.25) is 0 Å². The molecule has 2 atom stereocenters. The summed E-state index contributed by atoms with van der Waals surface area (Å²) in [6.45, 7) is 0.207. The molecule has 2 amide bonds. The SMILES string of the molecule is COC(OC)C12c3ccccc3C(c3ccccc31)[C@H]1C(=O)N(Cc3cccnc3)C(=O)[C@@H]12. The number of aromatic nitrogens is 1. The van der Waals surface area contributed by atoms with Crippen LogP contribution in [0.15, 0.2) is 73.1 Å². The maximum atomic E-state index is 14.1. The Morgan fingerprint density at radius 3 is 2.12 bits per heavy atom. The molecule has 7 rings (SSSR count). The van der Waals surface area contributed by atoms with Gasteiger partial charge in [0.1, 0.15) is 0 Å². The molecule has 33 heavy (non-hydrogen) atoms. The van der Waals surface area contributed by atoms with Crippen molar-refractivity contribution < 1.29 is 19.1 Å². The molecule has 4 aliphatic rings. The Bertz CT molecular complexity index is 1210. The van der Waals surface area contributed by atoms with Gasteiger partial charge in [-0.3, -0.25) is 19.5 Å². The molecule has 6 nitrogen and oxygen atoms in total. The highest BCUT2D eigenvalue weighted by Crippen LogP contribution is 2.65. The van der Waals surface area contributed by atoms with Crippen molar-refractivity contribution in [2.45, 2.75) is 24.2 Å². The first kappa shape index (κ1) is 20.3. The molecule has 2 heterocycles. The third kappa shape index (κ3) is 2.48. The topological polar surface area (TPSA) is 68.7 Å². The Kier molecular flexibility index (Phi) is 4.50. The van der Waals surface area contributed by atoms with Crippen LogP contribution < -0.4 is 0 Å². The van der Waals surface area contributed by atoms with Gasteiger partial charge in [-0.15, -0.1) is 0 Å². The second-order valence-electron chi connectivity index (χ2n) is 8.95. The van der Waals surface area contributed by atoms with E-state index in [0.29, 0.717) is 0 Å². The third-order valence-electron chi connectivity index (χ3n) is 7.64. The molecule has 0 spiro atoms. The summed E-state index contributed by atoms with van der Waals surface area (Å²) < 4.78 is 11.8.